The van der Waals surface area contributed by atoms with Crippen LogP contribution >= 0.6 is 0 Å². The van der Waals surface area contributed by atoms with Crippen LogP contribution in [-0.4, -0.2) is 55.4 Å². The second-order valence-electron chi connectivity index (χ2n) is 7.46. The van der Waals surface area contributed by atoms with Gasteiger partial charge in [0.1, 0.15) is 11.9 Å². The fourth-order valence-electron chi connectivity index (χ4n) is 4.26. The molecule has 1 aromatic rings. The number of piperidine rings is 1. The summed E-state index contributed by atoms with van der Waals surface area (Å²) >= 11 is 0. The van der Waals surface area contributed by atoms with E-state index in [9.17, 15) is 4.79 Å². The number of carbonyl (C=O) groups excluding carboxylic acids is 1. The van der Waals surface area contributed by atoms with E-state index in [1.807, 2.05) is 35.2 Å². The third kappa shape index (κ3) is 3.82. The van der Waals surface area contributed by atoms with E-state index in [0.29, 0.717) is 12.5 Å². The Hall–Kier alpha value is -1.59. The quantitative estimate of drug-likeness (QED) is 0.845. The van der Waals surface area contributed by atoms with Crippen molar-refractivity contribution in [1.82, 2.24) is 4.90 Å². The Bertz CT molecular complexity index is 577. The minimum absolute atomic E-state index is 0.105. The molecular formula is C20H27NO4. The molecule has 0 aliphatic carbocycles. The average molecular weight is 345 g/mol. The van der Waals surface area contributed by atoms with E-state index in [0.717, 1.165) is 64.2 Å². The molecular weight excluding hydrogens is 318 g/mol. The molecule has 1 atom stereocenters. The number of likely N-dealkylation sites (tertiary alicyclic amines) is 1. The van der Waals surface area contributed by atoms with Crippen LogP contribution in [0.4, 0.5) is 0 Å². The van der Waals surface area contributed by atoms with Gasteiger partial charge in [0.2, 0.25) is 5.91 Å². The fourth-order valence-corrected chi connectivity index (χ4v) is 4.26. The second-order valence-corrected chi connectivity index (χ2v) is 7.46. The predicted molar refractivity (Wildman–Crippen MR) is 93.5 cm³/mol. The SMILES string of the molecule is O=C(C1CCOCC1)N1CCC2(CC1)CC(Oc1ccccc1)CO2. The third-order valence-corrected chi connectivity index (χ3v) is 5.78. The molecule has 136 valence electrons. The highest BCUT2D eigenvalue weighted by Crippen LogP contribution is 2.38. The van der Waals surface area contributed by atoms with E-state index in [4.69, 9.17) is 14.2 Å². The van der Waals surface area contributed by atoms with Gasteiger partial charge in [0.25, 0.3) is 0 Å². The van der Waals surface area contributed by atoms with Gasteiger partial charge in [-0.15, -0.1) is 0 Å². The lowest BCUT2D eigenvalue weighted by molar-refractivity contribution is -0.143. The van der Waals surface area contributed by atoms with Gasteiger partial charge < -0.3 is 19.1 Å². The van der Waals surface area contributed by atoms with E-state index in [2.05, 4.69) is 0 Å². The zero-order valence-electron chi connectivity index (χ0n) is 14.7. The number of benzene rings is 1. The first-order valence-electron chi connectivity index (χ1n) is 9.46. The van der Waals surface area contributed by atoms with E-state index in [1.54, 1.807) is 0 Å². The molecule has 0 N–H and O–H groups in total. The van der Waals surface area contributed by atoms with Gasteiger partial charge in [-0.3, -0.25) is 4.79 Å². The lowest BCUT2D eigenvalue weighted by atomic mass is 9.87. The number of amides is 1. The predicted octanol–water partition coefficient (Wildman–Crippen LogP) is 2.64. The highest BCUT2D eigenvalue weighted by atomic mass is 16.6. The zero-order chi connectivity index (χ0) is 17.1. The van der Waals surface area contributed by atoms with Gasteiger partial charge in [0.15, 0.2) is 0 Å². The molecule has 5 nitrogen and oxygen atoms in total. The molecule has 1 unspecified atom stereocenters. The third-order valence-electron chi connectivity index (χ3n) is 5.78. The molecule has 3 fully saturated rings. The van der Waals surface area contributed by atoms with Crippen molar-refractivity contribution in [2.45, 2.75) is 43.8 Å². The van der Waals surface area contributed by atoms with Gasteiger partial charge in [-0.25, -0.2) is 0 Å². The number of ether oxygens (including phenoxy) is 3. The Morgan fingerprint density at radius 3 is 2.56 bits per heavy atom. The largest absolute Gasteiger partial charge is 0.488 e. The van der Waals surface area contributed by atoms with Crippen molar-refractivity contribution >= 4 is 5.91 Å². The second kappa shape index (κ2) is 7.34. The minimum Gasteiger partial charge on any atom is -0.488 e. The summed E-state index contributed by atoms with van der Waals surface area (Å²) in [7, 11) is 0. The van der Waals surface area contributed by atoms with E-state index in [1.165, 1.54) is 0 Å². The van der Waals surface area contributed by atoms with Crippen molar-refractivity contribution in [3.8, 4) is 5.75 Å². The maximum Gasteiger partial charge on any atom is 0.225 e. The summed E-state index contributed by atoms with van der Waals surface area (Å²) in [6.07, 6.45) is 4.59. The van der Waals surface area contributed by atoms with Crippen LogP contribution in [0.15, 0.2) is 30.3 Å². The van der Waals surface area contributed by atoms with Crippen LogP contribution in [0.3, 0.4) is 0 Å². The Kier molecular flexibility index (Phi) is 4.95. The van der Waals surface area contributed by atoms with Crippen molar-refractivity contribution in [2.75, 3.05) is 32.9 Å². The molecule has 1 amide bonds. The molecule has 1 aromatic carbocycles. The van der Waals surface area contributed by atoms with E-state index < -0.39 is 0 Å². The van der Waals surface area contributed by atoms with Crippen LogP contribution in [-0.2, 0) is 14.3 Å². The fraction of sp³-hybridized carbons (Fsp3) is 0.650. The molecule has 3 saturated heterocycles. The van der Waals surface area contributed by atoms with Gasteiger partial charge >= 0.3 is 0 Å². The molecule has 3 heterocycles. The maximum absolute atomic E-state index is 12.7. The highest BCUT2D eigenvalue weighted by Gasteiger charge is 2.44. The highest BCUT2D eigenvalue weighted by molar-refractivity contribution is 5.79. The smallest absolute Gasteiger partial charge is 0.225 e. The van der Waals surface area contributed by atoms with Crippen molar-refractivity contribution in [3.05, 3.63) is 30.3 Å². The minimum atomic E-state index is -0.105. The molecule has 3 aliphatic rings. The van der Waals surface area contributed by atoms with Crippen molar-refractivity contribution < 1.29 is 19.0 Å². The standard InChI is InChI=1S/C20H27NO4/c22-19(16-6-12-23-13-7-16)21-10-8-20(9-11-21)14-18(15-24-20)25-17-4-2-1-3-5-17/h1-5,16,18H,6-15H2. The Balaban J connectivity index is 1.29. The number of rotatable bonds is 3. The number of hydrogen-bond acceptors (Lipinski definition) is 4. The van der Waals surface area contributed by atoms with Crippen LogP contribution in [0, 0.1) is 5.92 Å². The Morgan fingerprint density at radius 2 is 1.84 bits per heavy atom. The van der Waals surface area contributed by atoms with Crippen LogP contribution in [0.5, 0.6) is 5.75 Å². The van der Waals surface area contributed by atoms with Crippen LogP contribution in [0.1, 0.15) is 32.1 Å². The van der Waals surface area contributed by atoms with Gasteiger partial charge in [-0.05, 0) is 37.8 Å². The summed E-state index contributed by atoms with van der Waals surface area (Å²) < 4.78 is 17.6. The van der Waals surface area contributed by atoms with E-state index in [-0.39, 0.29) is 17.6 Å². The van der Waals surface area contributed by atoms with Crippen molar-refractivity contribution in [3.63, 3.8) is 0 Å². The van der Waals surface area contributed by atoms with Crippen LogP contribution in [0.25, 0.3) is 0 Å². The molecule has 0 aromatic heterocycles. The molecule has 25 heavy (non-hydrogen) atoms. The monoisotopic (exact) mass is 345 g/mol. The van der Waals surface area contributed by atoms with Crippen molar-refractivity contribution in [2.24, 2.45) is 5.92 Å². The summed E-state index contributed by atoms with van der Waals surface area (Å²) in [6.45, 7) is 3.68. The number of para-hydroxylation sites is 1. The summed E-state index contributed by atoms with van der Waals surface area (Å²) in [5, 5.41) is 0. The summed E-state index contributed by atoms with van der Waals surface area (Å²) in [4.78, 5) is 14.7. The lowest BCUT2D eigenvalue weighted by Gasteiger charge is -2.40. The van der Waals surface area contributed by atoms with Gasteiger partial charge in [-0.1, -0.05) is 18.2 Å². The summed E-state index contributed by atoms with van der Waals surface area (Å²) in [5.74, 6) is 1.37. The normalized spacial score (nSPS) is 26.7. The lowest BCUT2D eigenvalue weighted by Crippen LogP contribution is -2.49. The molecule has 0 bridgehead atoms. The Morgan fingerprint density at radius 1 is 1.12 bits per heavy atom. The van der Waals surface area contributed by atoms with Gasteiger partial charge in [-0.2, -0.15) is 0 Å². The molecule has 5 heteroatoms. The number of nitrogens with zero attached hydrogens (tertiary/aromatic N) is 1. The topological polar surface area (TPSA) is 48.0 Å². The van der Waals surface area contributed by atoms with Crippen LogP contribution in [0.2, 0.25) is 0 Å². The molecule has 1 spiro atoms. The molecule has 0 radical (unpaired) electrons. The number of hydrogen-bond donors (Lipinski definition) is 0. The first-order valence-corrected chi connectivity index (χ1v) is 9.46. The van der Waals surface area contributed by atoms with Crippen LogP contribution < -0.4 is 4.74 Å². The summed E-state index contributed by atoms with van der Waals surface area (Å²) in [5.41, 5.74) is -0.105. The van der Waals surface area contributed by atoms with E-state index >= 15 is 0 Å². The number of carbonyl (C=O) groups is 1. The van der Waals surface area contributed by atoms with Gasteiger partial charge in [0.05, 0.1) is 12.2 Å². The zero-order valence-corrected chi connectivity index (χ0v) is 14.7. The average Bonchev–Trinajstić information content (AvgIpc) is 3.05. The van der Waals surface area contributed by atoms with Gasteiger partial charge in [0, 0.05) is 38.6 Å². The molecule has 0 saturated carbocycles. The molecule has 3 aliphatic heterocycles. The first-order chi connectivity index (χ1) is 12.2. The Labute approximate surface area is 149 Å². The summed E-state index contributed by atoms with van der Waals surface area (Å²) in [6, 6.07) is 9.94. The first kappa shape index (κ1) is 16.9. The van der Waals surface area contributed by atoms with Crippen molar-refractivity contribution in [1.29, 1.82) is 0 Å². The molecule has 4 rings (SSSR count). The maximum atomic E-state index is 12.7.